The Morgan fingerprint density at radius 2 is 1.81 bits per heavy atom. The van der Waals surface area contributed by atoms with E-state index < -0.39 is 0 Å². The van der Waals surface area contributed by atoms with E-state index in [9.17, 15) is 9.59 Å². The number of nitrogens with zero attached hydrogens (tertiary/aromatic N) is 1. The highest BCUT2D eigenvalue weighted by Crippen LogP contribution is 2.27. The third-order valence-electron chi connectivity index (χ3n) is 3.61. The monoisotopic (exact) mass is 419 g/mol. The molecular formula is C19H15Cl2N3O2S. The van der Waals surface area contributed by atoms with Gasteiger partial charge in [-0.05, 0) is 48.0 Å². The summed E-state index contributed by atoms with van der Waals surface area (Å²) in [5, 5.41) is 7.18. The van der Waals surface area contributed by atoms with E-state index >= 15 is 0 Å². The summed E-state index contributed by atoms with van der Waals surface area (Å²) in [6.45, 7) is 1.43. The molecule has 27 heavy (non-hydrogen) atoms. The summed E-state index contributed by atoms with van der Waals surface area (Å²) in [6, 6.07) is 11.9. The minimum absolute atomic E-state index is 0.165. The van der Waals surface area contributed by atoms with Crippen molar-refractivity contribution in [3.8, 4) is 0 Å². The topological polar surface area (TPSA) is 71.1 Å². The molecule has 1 aromatic heterocycles. The number of hydrogen-bond acceptors (Lipinski definition) is 4. The zero-order chi connectivity index (χ0) is 19.4. The number of anilines is 2. The van der Waals surface area contributed by atoms with Crippen molar-refractivity contribution in [2.45, 2.75) is 13.3 Å². The molecule has 0 saturated heterocycles. The second-order valence-electron chi connectivity index (χ2n) is 5.76. The van der Waals surface area contributed by atoms with Gasteiger partial charge in [0.15, 0.2) is 5.13 Å². The van der Waals surface area contributed by atoms with Gasteiger partial charge in [0.05, 0.1) is 0 Å². The van der Waals surface area contributed by atoms with Gasteiger partial charge in [0.25, 0.3) is 5.91 Å². The number of carbonyl (C=O) groups excluding carboxylic acids is 2. The second-order valence-corrected chi connectivity index (χ2v) is 7.72. The molecule has 1 heterocycles. The van der Waals surface area contributed by atoms with Crippen molar-refractivity contribution >= 4 is 57.2 Å². The van der Waals surface area contributed by atoms with Crippen LogP contribution in [0.5, 0.6) is 0 Å². The lowest BCUT2D eigenvalue weighted by Gasteiger charge is -2.04. The van der Waals surface area contributed by atoms with Gasteiger partial charge in [-0.3, -0.25) is 14.9 Å². The molecule has 3 aromatic rings. The first kappa shape index (κ1) is 19.4. The number of rotatable bonds is 5. The Hall–Kier alpha value is -2.41. The molecule has 5 nitrogen and oxygen atoms in total. The SMILES string of the molecule is CC(=O)Nc1ccc(C(=O)Nc2ncc(Cc3cc(Cl)ccc3Cl)s2)cc1. The maximum Gasteiger partial charge on any atom is 0.257 e. The van der Waals surface area contributed by atoms with Crippen LogP contribution < -0.4 is 10.6 Å². The summed E-state index contributed by atoms with van der Waals surface area (Å²) in [7, 11) is 0. The van der Waals surface area contributed by atoms with E-state index in [0.717, 1.165) is 10.4 Å². The number of carbonyl (C=O) groups is 2. The van der Waals surface area contributed by atoms with Crippen LogP contribution in [-0.4, -0.2) is 16.8 Å². The first-order valence-corrected chi connectivity index (χ1v) is 9.55. The molecule has 0 aliphatic heterocycles. The number of nitrogens with one attached hydrogen (secondary N) is 2. The van der Waals surface area contributed by atoms with Crippen molar-refractivity contribution in [3.05, 3.63) is 74.7 Å². The van der Waals surface area contributed by atoms with Gasteiger partial charge in [-0.25, -0.2) is 4.98 Å². The first-order chi connectivity index (χ1) is 12.9. The van der Waals surface area contributed by atoms with Crippen LogP contribution >= 0.6 is 34.5 Å². The number of benzene rings is 2. The van der Waals surface area contributed by atoms with Gasteiger partial charge in [-0.1, -0.05) is 23.2 Å². The average Bonchev–Trinajstić information content (AvgIpc) is 3.05. The molecule has 0 spiro atoms. The van der Waals surface area contributed by atoms with E-state index in [1.54, 1.807) is 42.6 Å². The summed E-state index contributed by atoms with van der Waals surface area (Å²) in [5.41, 5.74) is 2.01. The van der Waals surface area contributed by atoms with Gasteiger partial charge in [0.1, 0.15) is 0 Å². The highest BCUT2D eigenvalue weighted by molar-refractivity contribution is 7.15. The minimum atomic E-state index is -0.272. The standard InChI is InChI=1S/C19H15Cl2N3O2S/c1-11(25)23-15-5-2-12(3-6-15)18(26)24-19-22-10-16(27-19)9-13-8-14(20)4-7-17(13)21/h2-8,10H,9H2,1H3,(H,23,25)(H,22,24,26). The smallest absolute Gasteiger partial charge is 0.257 e. The van der Waals surface area contributed by atoms with Gasteiger partial charge in [-0.2, -0.15) is 0 Å². The first-order valence-electron chi connectivity index (χ1n) is 7.98. The van der Waals surface area contributed by atoms with Crippen molar-refractivity contribution < 1.29 is 9.59 Å². The highest BCUT2D eigenvalue weighted by Gasteiger charge is 2.11. The van der Waals surface area contributed by atoms with Crippen molar-refractivity contribution in [1.82, 2.24) is 4.98 Å². The van der Waals surface area contributed by atoms with E-state index in [4.69, 9.17) is 23.2 Å². The van der Waals surface area contributed by atoms with Gasteiger partial charge in [0, 0.05) is 45.7 Å². The Morgan fingerprint density at radius 3 is 2.52 bits per heavy atom. The summed E-state index contributed by atoms with van der Waals surface area (Å²) in [4.78, 5) is 28.6. The van der Waals surface area contributed by atoms with Crippen molar-refractivity contribution in [1.29, 1.82) is 0 Å². The fourth-order valence-electron chi connectivity index (χ4n) is 2.39. The molecule has 0 unspecified atom stereocenters. The largest absolute Gasteiger partial charge is 0.326 e. The quantitative estimate of drug-likeness (QED) is 0.592. The van der Waals surface area contributed by atoms with E-state index in [2.05, 4.69) is 15.6 Å². The van der Waals surface area contributed by atoms with Crippen LogP contribution in [-0.2, 0) is 11.2 Å². The molecule has 0 radical (unpaired) electrons. The van der Waals surface area contributed by atoms with Crippen molar-refractivity contribution in [3.63, 3.8) is 0 Å². The lowest BCUT2D eigenvalue weighted by atomic mass is 10.1. The molecule has 0 aliphatic rings. The number of aromatic nitrogens is 1. The van der Waals surface area contributed by atoms with Gasteiger partial charge >= 0.3 is 0 Å². The molecule has 8 heteroatoms. The predicted octanol–water partition coefficient (Wildman–Crippen LogP) is 5.25. The zero-order valence-corrected chi connectivity index (χ0v) is 16.6. The fraction of sp³-hybridized carbons (Fsp3) is 0.105. The summed E-state index contributed by atoms with van der Waals surface area (Å²) >= 11 is 13.6. The number of halogens is 2. The van der Waals surface area contributed by atoms with Crippen molar-refractivity contribution in [2.24, 2.45) is 0 Å². The Labute approximate surface area is 170 Å². The summed E-state index contributed by atoms with van der Waals surface area (Å²) in [5.74, 6) is -0.437. The van der Waals surface area contributed by atoms with Crippen LogP contribution in [0.1, 0.15) is 27.7 Å². The van der Waals surface area contributed by atoms with Gasteiger partial charge in [0.2, 0.25) is 5.91 Å². The van der Waals surface area contributed by atoms with E-state index in [1.807, 2.05) is 6.07 Å². The molecule has 0 fully saturated rings. The minimum Gasteiger partial charge on any atom is -0.326 e. The molecule has 0 bridgehead atoms. The second kappa shape index (κ2) is 8.52. The number of hydrogen-bond donors (Lipinski definition) is 2. The molecule has 3 rings (SSSR count). The Kier molecular flexibility index (Phi) is 6.11. The number of thiazole rings is 1. The molecule has 2 aromatic carbocycles. The number of amides is 2. The van der Waals surface area contributed by atoms with Crippen molar-refractivity contribution in [2.75, 3.05) is 10.6 Å². The maximum atomic E-state index is 12.3. The lowest BCUT2D eigenvalue weighted by Crippen LogP contribution is -2.12. The highest BCUT2D eigenvalue weighted by atomic mass is 35.5. The van der Waals surface area contributed by atoms with Crippen LogP contribution in [0.4, 0.5) is 10.8 Å². The van der Waals surface area contributed by atoms with Crippen LogP contribution in [0.2, 0.25) is 10.0 Å². The molecule has 0 atom stereocenters. The summed E-state index contributed by atoms with van der Waals surface area (Å²) in [6.07, 6.45) is 2.29. The molecule has 0 saturated carbocycles. The Morgan fingerprint density at radius 1 is 1.07 bits per heavy atom. The van der Waals surface area contributed by atoms with Crippen LogP contribution in [0.25, 0.3) is 0 Å². The van der Waals surface area contributed by atoms with Crippen LogP contribution in [0, 0.1) is 0 Å². The van der Waals surface area contributed by atoms with E-state index in [-0.39, 0.29) is 11.8 Å². The Bertz CT molecular complexity index is 987. The molecule has 138 valence electrons. The summed E-state index contributed by atoms with van der Waals surface area (Å²) < 4.78 is 0. The molecular weight excluding hydrogens is 405 g/mol. The normalized spacial score (nSPS) is 10.5. The molecule has 2 N–H and O–H groups in total. The third kappa shape index (κ3) is 5.29. The Balaban J connectivity index is 1.65. The van der Waals surface area contributed by atoms with E-state index in [0.29, 0.717) is 32.8 Å². The van der Waals surface area contributed by atoms with Crippen LogP contribution in [0.3, 0.4) is 0 Å². The van der Waals surface area contributed by atoms with E-state index in [1.165, 1.54) is 18.3 Å². The predicted molar refractivity (Wildman–Crippen MR) is 110 cm³/mol. The van der Waals surface area contributed by atoms with Gasteiger partial charge < -0.3 is 5.32 Å². The third-order valence-corrected chi connectivity index (χ3v) is 5.13. The molecule has 0 aliphatic carbocycles. The van der Waals surface area contributed by atoms with Gasteiger partial charge in [-0.15, -0.1) is 11.3 Å². The zero-order valence-electron chi connectivity index (χ0n) is 14.3. The maximum absolute atomic E-state index is 12.3. The van der Waals surface area contributed by atoms with Crippen LogP contribution in [0.15, 0.2) is 48.7 Å². The average molecular weight is 420 g/mol. The lowest BCUT2D eigenvalue weighted by molar-refractivity contribution is -0.114. The molecule has 2 amide bonds. The fourth-order valence-corrected chi connectivity index (χ4v) is 3.60.